The predicted octanol–water partition coefficient (Wildman–Crippen LogP) is 3.58. The monoisotopic (exact) mass is 472 g/mol. The van der Waals surface area contributed by atoms with Gasteiger partial charge in [-0.15, -0.1) is 0 Å². The highest BCUT2D eigenvalue weighted by molar-refractivity contribution is 5.98. The van der Waals surface area contributed by atoms with Crippen molar-refractivity contribution in [3.63, 3.8) is 0 Å². The van der Waals surface area contributed by atoms with Gasteiger partial charge < -0.3 is 31.9 Å². The number of benzene rings is 1. The average molecular weight is 473 g/mol. The van der Waals surface area contributed by atoms with Crippen molar-refractivity contribution in [1.29, 1.82) is 0 Å². The third kappa shape index (κ3) is 5.40. The van der Waals surface area contributed by atoms with Crippen molar-refractivity contribution in [3.8, 4) is 0 Å². The van der Waals surface area contributed by atoms with Crippen molar-refractivity contribution in [2.45, 2.75) is 31.7 Å². The Labute approximate surface area is 205 Å². The van der Waals surface area contributed by atoms with Crippen LogP contribution >= 0.6 is 0 Å². The largest absolute Gasteiger partial charge is 0.397 e. The first kappa shape index (κ1) is 22.8. The molecule has 2 aliphatic rings. The minimum atomic E-state index is -0.495. The van der Waals surface area contributed by atoms with E-state index in [4.69, 9.17) is 11.5 Å². The zero-order valence-electron chi connectivity index (χ0n) is 19.8. The van der Waals surface area contributed by atoms with Crippen LogP contribution < -0.4 is 31.9 Å². The second-order valence-corrected chi connectivity index (χ2v) is 9.20. The summed E-state index contributed by atoms with van der Waals surface area (Å²) in [6.45, 7) is 3.96. The molecule has 9 heteroatoms. The summed E-state index contributed by atoms with van der Waals surface area (Å²) in [5, 5.41) is 6.88. The molecular formula is C26H32N8O. The normalized spacial score (nSPS) is 16.3. The molecule has 35 heavy (non-hydrogen) atoms. The predicted molar refractivity (Wildman–Crippen MR) is 141 cm³/mol. The molecule has 1 aromatic carbocycles. The molecular weight excluding hydrogens is 440 g/mol. The Morgan fingerprint density at radius 2 is 1.66 bits per heavy atom. The molecule has 5 rings (SSSR count). The van der Waals surface area contributed by atoms with Crippen LogP contribution in [0.2, 0.25) is 0 Å². The number of anilines is 6. The van der Waals surface area contributed by atoms with Crippen LogP contribution in [0.25, 0.3) is 0 Å². The highest BCUT2D eigenvalue weighted by atomic mass is 16.1. The third-order valence-electron chi connectivity index (χ3n) is 6.73. The van der Waals surface area contributed by atoms with E-state index in [0.717, 1.165) is 50.5 Å². The Bertz CT molecular complexity index is 1150. The van der Waals surface area contributed by atoms with Crippen LogP contribution in [0.1, 0.15) is 36.0 Å². The van der Waals surface area contributed by atoms with Gasteiger partial charge in [0.25, 0.3) is 5.91 Å². The summed E-state index contributed by atoms with van der Waals surface area (Å²) in [4.78, 5) is 25.5. The smallest absolute Gasteiger partial charge is 0.252 e. The molecule has 2 fully saturated rings. The molecule has 6 N–H and O–H groups in total. The van der Waals surface area contributed by atoms with Crippen LogP contribution in [0.5, 0.6) is 0 Å². The number of aromatic nitrogens is 2. The van der Waals surface area contributed by atoms with Gasteiger partial charge in [-0.2, -0.15) is 0 Å². The number of nitrogens with one attached hydrogen (secondary N) is 2. The second-order valence-electron chi connectivity index (χ2n) is 9.20. The number of nitrogens with two attached hydrogens (primary N) is 2. The van der Waals surface area contributed by atoms with E-state index in [9.17, 15) is 4.79 Å². The summed E-state index contributed by atoms with van der Waals surface area (Å²) in [5.41, 5.74) is 15.3. The number of primary amides is 1. The Hall–Kier alpha value is -4.01. The van der Waals surface area contributed by atoms with Gasteiger partial charge in [0, 0.05) is 55.9 Å². The molecule has 9 nitrogen and oxygen atoms in total. The molecule has 182 valence electrons. The molecule has 2 aliphatic heterocycles. The Balaban J connectivity index is 1.24. The molecule has 0 radical (unpaired) electrons. The van der Waals surface area contributed by atoms with Crippen LogP contribution in [0.15, 0.2) is 54.9 Å². The fraction of sp³-hybridized carbons (Fsp3) is 0.346. The summed E-state index contributed by atoms with van der Waals surface area (Å²) in [6, 6.07) is 14.3. The van der Waals surface area contributed by atoms with Gasteiger partial charge in [0.05, 0.1) is 23.1 Å². The van der Waals surface area contributed by atoms with Crippen LogP contribution in [0, 0.1) is 0 Å². The van der Waals surface area contributed by atoms with E-state index in [0.29, 0.717) is 22.8 Å². The lowest BCUT2D eigenvalue weighted by atomic mass is 10.0. The quantitative estimate of drug-likeness (QED) is 0.411. The average Bonchev–Trinajstić information content (AvgIpc) is 3.41. The van der Waals surface area contributed by atoms with Crippen molar-refractivity contribution < 1.29 is 4.79 Å². The summed E-state index contributed by atoms with van der Waals surface area (Å²) in [7, 11) is 0. The van der Waals surface area contributed by atoms with Gasteiger partial charge in [0.2, 0.25) is 0 Å². The number of nitrogen functional groups attached to an aromatic ring is 1. The van der Waals surface area contributed by atoms with E-state index in [1.54, 1.807) is 12.4 Å². The maximum Gasteiger partial charge on any atom is 0.252 e. The van der Waals surface area contributed by atoms with E-state index in [-0.39, 0.29) is 6.04 Å². The number of piperidine rings is 1. The first-order valence-electron chi connectivity index (χ1n) is 12.2. The molecule has 0 bridgehead atoms. The summed E-state index contributed by atoms with van der Waals surface area (Å²) >= 11 is 0. The van der Waals surface area contributed by atoms with Gasteiger partial charge in [-0.1, -0.05) is 0 Å². The van der Waals surface area contributed by atoms with Crippen LogP contribution in [0.3, 0.4) is 0 Å². The van der Waals surface area contributed by atoms with Crippen molar-refractivity contribution >= 4 is 40.3 Å². The van der Waals surface area contributed by atoms with Crippen molar-refractivity contribution in [1.82, 2.24) is 9.97 Å². The van der Waals surface area contributed by atoms with E-state index in [1.807, 2.05) is 18.2 Å². The minimum Gasteiger partial charge on any atom is -0.397 e. The second kappa shape index (κ2) is 10.1. The van der Waals surface area contributed by atoms with Gasteiger partial charge in [-0.25, -0.2) is 9.97 Å². The topological polar surface area (TPSA) is 125 Å². The molecule has 0 spiro atoms. The zero-order valence-corrected chi connectivity index (χ0v) is 19.8. The standard InChI is InChI=1S/C26H32N8O/c27-18-3-8-25(30-16-18)34-13-9-20(10-14-34)31-23-15-24(29-17-22(23)26(28)35)32-19-4-6-21(7-5-19)33-11-1-2-12-33/h3-8,15-17,20H,1-2,9-14,27H2,(H2,28,35)(H2,29,31,32). The molecule has 0 saturated carbocycles. The van der Waals surface area contributed by atoms with E-state index < -0.39 is 5.91 Å². The Kier molecular flexibility index (Phi) is 6.56. The molecule has 4 heterocycles. The number of hydrogen-bond donors (Lipinski definition) is 4. The molecule has 2 aromatic heterocycles. The number of pyridine rings is 2. The lowest BCUT2D eigenvalue weighted by Gasteiger charge is -2.34. The number of carbonyl (C=O) groups is 1. The molecule has 1 amide bonds. The number of rotatable bonds is 7. The zero-order chi connectivity index (χ0) is 24.2. The van der Waals surface area contributed by atoms with Crippen LogP contribution in [-0.2, 0) is 0 Å². The fourth-order valence-electron chi connectivity index (χ4n) is 4.78. The highest BCUT2D eigenvalue weighted by Gasteiger charge is 2.22. The minimum absolute atomic E-state index is 0.216. The van der Waals surface area contributed by atoms with Gasteiger partial charge in [0.15, 0.2) is 0 Å². The first-order chi connectivity index (χ1) is 17.0. The van der Waals surface area contributed by atoms with Gasteiger partial charge in [0.1, 0.15) is 11.6 Å². The van der Waals surface area contributed by atoms with E-state index >= 15 is 0 Å². The summed E-state index contributed by atoms with van der Waals surface area (Å²) in [6.07, 6.45) is 7.55. The first-order valence-corrected chi connectivity index (χ1v) is 12.2. The molecule has 0 aliphatic carbocycles. The third-order valence-corrected chi connectivity index (χ3v) is 6.73. The van der Waals surface area contributed by atoms with E-state index in [1.165, 1.54) is 18.5 Å². The molecule has 0 unspecified atom stereocenters. The Morgan fingerprint density at radius 3 is 2.31 bits per heavy atom. The van der Waals surface area contributed by atoms with Gasteiger partial charge >= 0.3 is 0 Å². The number of amides is 1. The fourth-order valence-corrected chi connectivity index (χ4v) is 4.78. The maximum absolute atomic E-state index is 12.1. The Morgan fingerprint density at radius 1 is 0.914 bits per heavy atom. The number of hydrogen-bond acceptors (Lipinski definition) is 8. The van der Waals surface area contributed by atoms with Crippen molar-refractivity contribution in [2.24, 2.45) is 5.73 Å². The summed E-state index contributed by atoms with van der Waals surface area (Å²) < 4.78 is 0. The van der Waals surface area contributed by atoms with Crippen LogP contribution in [-0.4, -0.2) is 48.1 Å². The van der Waals surface area contributed by atoms with Crippen molar-refractivity contribution in [3.05, 3.63) is 60.4 Å². The van der Waals surface area contributed by atoms with Crippen LogP contribution in [0.4, 0.5) is 34.4 Å². The highest BCUT2D eigenvalue weighted by Crippen LogP contribution is 2.27. The molecule has 2 saturated heterocycles. The van der Waals surface area contributed by atoms with Gasteiger partial charge in [-0.05, 0) is 62.1 Å². The lowest BCUT2D eigenvalue weighted by Crippen LogP contribution is -2.39. The summed E-state index contributed by atoms with van der Waals surface area (Å²) in [5.74, 6) is 1.10. The lowest BCUT2D eigenvalue weighted by molar-refractivity contribution is 0.100. The van der Waals surface area contributed by atoms with E-state index in [2.05, 4.69) is 54.7 Å². The SMILES string of the molecule is NC(=O)c1cnc(Nc2ccc(N3CCCC3)cc2)cc1NC1CCN(c2ccc(N)cn2)CC1. The molecule has 3 aromatic rings. The maximum atomic E-state index is 12.1. The number of nitrogens with zero attached hydrogens (tertiary/aromatic N) is 4. The molecule has 0 atom stereocenters. The van der Waals surface area contributed by atoms with Crippen molar-refractivity contribution in [2.75, 3.05) is 52.3 Å². The number of carbonyl (C=O) groups excluding carboxylic acids is 1. The van der Waals surface area contributed by atoms with Gasteiger partial charge in [-0.3, -0.25) is 4.79 Å².